The van der Waals surface area contributed by atoms with E-state index in [9.17, 15) is 4.79 Å². The molecule has 0 N–H and O–H groups in total. The van der Waals surface area contributed by atoms with Crippen molar-refractivity contribution >= 4 is 43.1 Å². The molecule has 160 valence electrons. The highest BCUT2D eigenvalue weighted by Crippen LogP contribution is 2.55. The monoisotopic (exact) mass is 450 g/mol. The van der Waals surface area contributed by atoms with Crippen LogP contribution in [0.5, 0.6) is 0 Å². The van der Waals surface area contributed by atoms with Crippen molar-refractivity contribution in [2.24, 2.45) is 0 Å². The van der Waals surface area contributed by atoms with Crippen LogP contribution in [0.2, 0.25) is 10.1 Å². The summed E-state index contributed by atoms with van der Waals surface area (Å²) < 4.78 is 36.1. The van der Waals surface area contributed by atoms with Crippen molar-refractivity contribution in [3.63, 3.8) is 0 Å². The highest BCUT2D eigenvalue weighted by atomic mass is 32.2. The number of ether oxygens (including phenoxy) is 4. The van der Waals surface area contributed by atoms with Crippen molar-refractivity contribution in [2.45, 2.75) is 88.4 Å². The van der Waals surface area contributed by atoms with Gasteiger partial charge in [-0.3, -0.25) is 0 Å². The molecule has 0 aliphatic carbocycles. The van der Waals surface area contributed by atoms with Gasteiger partial charge in [0.25, 0.3) is 0 Å². The lowest BCUT2D eigenvalue weighted by Gasteiger charge is -2.56. The first kappa shape index (κ1) is 22.3. The highest BCUT2D eigenvalue weighted by Gasteiger charge is 2.66. The SMILES string of the molecule is CCOC(=S)S[C@@H]1O[C@@H]2CO[Si](C(C)(C)C)(C(C)(C)C)O[C@@H]2[C@@H]2OC(=O)O[C@H]21. The zero-order valence-electron chi connectivity index (χ0n) is 17.5. The summed E-state index contributed by atoms with van der Waals surface area (Å²) in [6.45, 7) is 15.6. The van der Waals surface area contributed by atoms with E-state index < -0.39 is 38.5 Å². The molecule has 0 unspecified atom stereocenters. The maximum atomic E-state index is 11.9. The van der Waals surface area contributed by atoms with Crippen LogP contribution in [0.1, 0.15) is 48.5 Å². The van der Waals surface area contributed by atoms with E-state index in [2.05, 4.69) is 41.5 Å². The van der Waals surface area contributed by atoms with Gasteiger partial charge in [-0.1, -0.05) is 41.5 Å². The van der Waals surface area contributed by atoms with E-state index in [4.69, 9.17) is 40.0 Å². The summed E-state index contributed by atoms with van der Waals surface area (Å²) in [4.78, 5) is 11.9. The molecule has 0 radical (unpaired) electrons. The maximum absolute atomic E-state index is 11.9. The van der Waals surface area contributed by atoms with Crippen molar-refractivity contribution in [1.82, 2.24) is 0 Å². The molecular formula is C18H30O7S2Si. The van der Waals surface area contributed by atoms with Crippen molar-refractivity contribution in [3.05, 3.63) is 0 Å². The lowest BCUT2D eigenvalue weighted by atomic mass is 10.0. The fourth-order valence-electron chi connectivity index (χ4n) is 4.34. The first-order valence-electron chi connectivity index (χ1n) is 9.57. The van der Waals surface area contributed by atoms with Crippen molar-refractivity contribution in [3.8, 4) is 0 Å². The summed E-state index contributed by atoms with van der Waals surface area (Å²) in [5.41, 5.74) is -0.526. The number of carbonyl (C=O) groups excluding carboxylic acids is 1. The van der Waals surface area contributed by atoms with Crippen LogP contribution in [0.25, 0.3) is 0 Å². The molecule has 3 saturated heterocycles. The van der Waals surface area contributed by atoms with Crippen molar-refractivity contribution < 1.29 is 32.6 Å². The van der Waals surface area contributed by atoms with Gasteiger partial charge in [-0.15, -0.1) is 0 Å². The van der Waals surface area contributed by atoms with E-state index in [1.807, 2.05) is 6.92 Å². The summed E-state index contributed by atoms with van der Waals surface area (Å²) in [7, 11) is -2.73. The molecule has 3 fully saturated rings. The Morgan fingerprint density at radius 1 is 1.14 bits per heavy atom. The molecule has 0 saturated carbocycles. The Morgan fingerprint density at radius 3 is 2.32 bits per heavy atom. The topological polar surface area (TPSA) is 72.5 Å². The lowest BCUT2D eigenvalue weighted by Crippen LogP contribution is -2.70. The normalized spacial score (nSPS) is 34.7. The highest BCUT2D eigenvalue weighted by molar-refractivity contribution is 8.22. The molecule has 7 nitrogen and oxygen atoms in total. The van der Waals surface area contributed by atoms with Gasteiger partial charge in [-0.05, 0) is 30.9 Å². The Hall–Kier alpha value is -0.393. The van der Waals surface area contributed by atoms with E-state index in [0.717, 1.165) is 0 Å². The first-order valence-corrected chi connectivity index (χ1v) is 12.7. The number of fused-ring (bicyclic) bond motifs is 3. The molecule has 10 heteroatoms. The summed E-state index contributed by atoms with van der Waals surface area (Å²) in [5, 5.41) is -0.366. The smallest absolute Gasteiger partial charge is 0.479 e. The Bertz CT molecular complexity index is 616. The molecular weight excluding hydrogens is 420 g/mol. The lowest BCUT2D eigenvalue weighted by molar-refractivity contribution is -0.194. The van der Waals surface area contributed by atoms with Crippen molar-refractivity contribution in [2.75, 3.05) is 13.2 Å². The Balaban J connectivity index is 1.88. The van der Waals surface area contributed by atoms with E-state index in [-0.39, 0.29) is 16.2 Å². The Morgan fingerprint density at radius 2 is 1.75 bits per heavy atom. The predicted octanol–water partition coefficient (Wildman–Crippen LogP) is 4.13. The summed E-state index contributed by atoms with van der Waals surface area (Å²) >= 11 is 6.45. The Kier molecular flexibility index (Phi) is 6.13. The molecule has 3 rings (SSSR count). The van der Waals surface area contributed by atoms with Crippen LogP contribution in [0.4, 0.5) is 4.79 Å². The van der Waals surface area contributed by atoms with E-state index in [0.29, 0.717) is 17.6 Å². The van der Waals surface area contributed by atoms with Crippen LogP contribution in [-0.4, -0.2) is 62.2 Å². The number of rotatable bonds is 2. The standard InChI is InChI=1S/C18H30O7S2Si/c1-8-20-16(26)27-14-13-12(23-15(19)24-13)11-10(22-14)9-21-28(25-11,17(2,3)4)18(5,6)7/h10-14H,8-9H2,1-7H3/t10-,11+,12+,13-,14+/m1/s1. The minimum Gasteiger partial charge on any atom is -0.479 e. The molecule has 3 aliphatic heterocycles. The van der Waals surface area contributed by atoms with Crippen LogP contribution in [0.15, 0.2) is 0 Å². The summed E-state index contributed by atoms with van der Waals surface area (Å²) in [5.74, 6) is 0. The van der Waals surface area contributed by atoms with Gasteiger partial charge in [0.15, 0.2) is 17.6 Å². The van der Waals surface area contributed by atoms with Gasteiger partial charge in [-0.25, -0.2) is 4.79 Å². The van der Waals surface area contributed by atoms with Crippen LogP contribution >= 0.6 is 24.0 Å². The van der Waals surface area contributed by atoms with Gasteiger partial charge in [-0.2, -0.15) is 0 Å². The first-order chi connectivity index (χ1) is 12.9. The number of thiocarbonyl (C=S) groups is 1. The predicted molar refractivity (Wildman–Crippen MR) is 112 cm³/mol. The van der Waals surface area contributed by atoms with Gasteiger partial charge in [0.1, 0.15) is 12.2 Å². The maximum Gasteiger partial charge on any atom is 0.509 e. The number of hydrogen-bond acceptors (Lipinski definition) is 9. The molecule has 0 bridgehead atoms. The van der Waals surface area contributed by atoms with Gasteiger partial charge in [0, 0.05) is 10.1 Å². The molecule has 0 spiro atoms. The molecule has 0 aromatic heterocycles. The molecule has 0 aromatic carbocycles. The van der Waals surface area contributed by atoms with Crippen LogP contribution in [-0.2, 0) is 27.8 Å². The largest absolute Gasteiger partial charge is 0.509 e. The Labute approximate surface area is 177 Å². The number of hydrogen-bond donors (Lipinski definition) is 0. The van der Waals surface area contributed by atoms with Gasteiger partial charge in [0.05, 0.1) is 13.2 Å². The van der Waals surface area contributed by atoms with E-state index in [1.54, 1.807) is 0 Å². The zero-order chi connectivity index (χ0) is 20.9. The molecule has 0 aromatic rings. The average Bonchev–Trinajstić information content (AvgIpc) is 2.95. The third-order valence-electron chi connectivity index (χ3n) is 5.26. The number of thioether (sulfide) groups is 1. The minimum absolute atomic E-state index is 0.183. The fraction of sp³-hybridized carbons (Fsp3) is 0.889. The summed E-state index contributed by atoms with van der Waals surface area (Å²) in [6, 6.07) is 0. The van der Waals surface area contributed by atoms with Crippen molar-refractivity contribution in [1.29, 1.82) is 0 Å². The number of carbonyl (C=O) groups is 1. The molecule has 3 heterocycles. The second-order valence-corrected chi connectivity index (χ2v) is 15.7. The second kappa shape index (κ2) is 7.70. The molecule has 3 aliphatic rings. The third kappa shape index (κ3) is 3.83. The second-order valence-electron chi connectivity index (χ2n) is 9.27. The van der Waals surface area contributed by atoms with Gasteiger partial charge >= 0.3 is 14.7 Å². The molecule has 0 amide bonds. The van der Waals surface area contributed by atoms with Gasteiger partial charge in [0.2, 0.25) is 4.38 Å². The average molecular weight is 451 g/mol. The van der Waals surface area contributed by atoms with Crippen LogP contribution in [0, 0.1) is 0 Å². The quantitative estimate of drug-likeness (QED) is 0.351. The zero-order valence-corrected chi connectivity index (χ0v) is 20.1. The summed E-state index contributed by atoms with van der Waals surface area (Å²) in [6.07, 6.45) is -2.69. The van der Waals surface area contributed by atoms with Crippen LogP contribution in [0.3, 0.4) is 0 Å². The molecule has 5 atom stereocenters. The molecule has 28 heavy (non-hydrogen) atoms. The third-order valence-corrected chi connectivity index (χ3v) is 11.7. The minimum atomic E-state index is -2.73. The van der Waals surface area contributed by atoms with E-state index in [1.165, 1.54) is 11.8 Å². The van der Waals surface area contributed by atoms with Crippen LogP contribution < -0.4 is 0 Å². The van der Waals surface area contributed by atoms with Gasteiger partial charge < -0.3 is 27.8 Å². The fourth-order valence-corrected chi connectivity index (χ4v) is 10.6. The van der Waals surface area contributed by atoms with E-state index >= 15 is 0 Å².